The molecular formula is C14H22ClN3O3S. The van der Waals surface area contributed by atoms with E-state index in [1.807, 2.05) is 0 Å². The molecule has 0 saturated carbocycles. The van der Waals surface area contributed by atoms with Gasteiger partial charge in [0, 0.05) is 12.2 Å². The number of sulfonamides is 1. The fraction of sp³-hybridized carbons (Fsp3) is 0.500. The number of benzene rings is 1. The number of hydrogen-bond acceptors (Lipinski definition) is 4. The molecule has 22 heavy (non-hydrogen) atoms. The van der Waals surface area contributed by atoms with Gasteiger partial charge in [0.2, 0.25) is 15.9 Å². The maximum atomic E-state index is 12.2. The van der Waals surface area contributed by atoms with Gasteiger partial charge in [-0.25, -0.2) is 13.1 Å². The highest BCUT2D eigenvalue weighted by Gasteiger charge is 2.22. The molecule has 1 heterocycles. The van der Waals surface area contributed by atoms with Crippen molar-refractivity contribution in [1.29, 1.82) is 0 Å². The summed E-state index contributed by atoms with van der Waals surface area (Å²) in [6.45, 7) is 3.33. The van der Waals surface area contributed by atoms with Crippen LogP contribution in [0.5, 0.6) is 0 Å². The van der Waals surface area contributed by atoms with Gasteiger partial charge in [0.05, 0.1) is 10.8 Å². The Morgan fingerprint density at radius 2 is 2.09 bits per heavy atom. The van der Waals surface area contributed by atoms with Gasteiger partial charge in [-0.05, 0) is 51.1 Å². The highest BCUT2D eigenvalue weighted by Crippen LogP contribution is 2.21. The molecular weight excluding hydrogens is 326 g/mol. The van der Waals surface area contributed by atoms with Crippen LogP contribution in [0.1, 0.15) is 18.4 Å². The lowest BCUT2D eigenvalue weighted by Crippen LogP contribution is -2.37. The van der Waals surface area contributed by atoms with E-state index in [4.69, 9.17) is 0 Å². The van der Waals surface area contributed by atoms with Crippen molar-refractivity contribution in [2.45, 2.75) is 24.7 Å². The molecule has 1 aromatic carbocycles. The van der Waals surface area contributed by atoms with Crippen molar-refractivity contribution in [2.75, 3.05) is 25.5 Å². The van der Waals surface area contributed by atoms with Crippen molar-refractivity contribution in [2.24, 2.45) is 5.92 Å². The molecule has 1 saturated heterocycles. The fourth-order valence-corrected chi connectivity index (χ4v) is 3.39. The summed E-state index contributed by atoms with van der Waals surface area (Å²) in [7, 11) is -2.16. The van der Waals surface area contributed by atoms with Crippen LogP contribution in [-0.2, 0) is 14.8 Å². The Morgan fingerprint density at radius 3 is 2.68 bits per heavy atom. The van der Waals surface area contributed by atoms with Crippen LogP contribution in [0.4, 0.5) is 5.69 Å². The van der Waals surface area contributed by atoms with Gasteiger partial charge in [0.1, 0.15) is 0 Å². The van der Waals surface area contributed by atoms with Crippen LogP contribution in [0.3, 0.4) is 0 Å². The van der Waals surface area contributed by atoms with Crippen LogP contribution >= 0.6 is 12.4 Å². The number of amides is 1. The van der Waals surface area contributed by atoms with Gasteiger partial charge in [-0.3, -0.25) is 4.79 Å². The molecule has 1 atom stereocenters. The zero-order valence-electron chi connectivity index (χ0n) is 12.7. The molecule has 1 unspecified atom stereocenters. The van der Waals surface area contributed by atoms with E-state index in [2.05, 4.69) is 15.4 Å². The average molecular weight is 348 g/mol. The number of nitrogens with one attached hydrogen (secondary N) is 3. The van der Waals surface area contributed by atoms with Crippen molar-refractivity contribution < 1.29 is 13.2 Å². The third kappa shape index (κ3) is 4.42. The Kier molecular flexibility index (Phi) is 6.80. The molecule has 124 valence electrons. The zero-order valence-corrected chi connectivity index (χ0v) is 14.3. The molecule has 3 N–H and O–H groups in total. The quantitative estimate of drug-likeness (QED) is 0.765. The van der Waals surface area contributed by atoms with E-state index >= 15 is 0 Å². The molecule has 1 aliphatic heterocycles. The number of carbonyl (C=O) groups is 1. The molecule has 0 radical (unpaired) electrons. The summed E-state index contributed by atoms with van der Waals surface area (Å²) in [5.74, 6) is -0.136. The first kappa shape index (κ1) is 18.9. The fourth-order valence-electron chi connectivity index (χ4n) is 2.40. The molecule has 2 rings (SSSR count). The molecule has 8 heteroatoms. The van der Waals surface area contributed by atoms with E-state index < -0.39 is 10.0 Å². The van der Waals surface area contributed by atoms with Crippen LogP contribution < -0.4 is 15.4 Å². The Hall–Kier alpha value is -1.15. The average Bonchev–Trinajstić information content (AvgIpc) is 2.50. The van der Waals surface area contributed by atoms with Gasteiger partial charge < -0.3 is 10.6 Å². The summed E-state index contributed by atoms with van der Waals surface area (Å²) >= 11 is 0. The first-order chi connectivity index (χ1) is 9.94. The summed E-state index contributed by atoms with van der Waals surface area (Å²) in [6, 6.07) is 4.91. The van der Waals surface area contributed by atoms with E-state index in [9.17, 15) is 13.2 Å². The first-order valence-electron chi connectivity index (χ1n) is 7.00. The molecule has 0 spiro atoms. The van der Waals surface area contributed by atoms with E-state index in [0.717, 1.165) is 19.4 Å². The highest BCUT2D eigenvalue weighted by molar-refractivity contribution is 7.89. The van der Waals surface area contributed by atoms with Gasteiger partial charge >= 0.3 is 0 Å². The maximum Gasteiger partial charge on any atom is 0.240 e. The number of carbonyl (C=O) groups excluding carboxylic acids is 1. The van der Waals surface area contributed by atoms with Gasteiger partial charge in [0.25, 0.3) is 0 Å². The smallest absolute Gasteiger partial charge is 0.240 e. The molecule has 1 amide bonds. The van der Waals surface area contributed by atoms with Crippen molar-refractivity contribution in [1.82, 2.24) is 10.0 Å². The summed E-state index contributed by atoms with van der Waals surface area (Å²) < 4.78 is 26.1. The Labute approximate surface area is 137 Å². The molecule has 1 fully saturated rings. The van der Waals surface area contributed by atoms with Crippen LogP contribution in [0.25, 0.3) is 0 Å². The number of hydrogen-bond donors (Lipinski definition) is 3. The van der Waals surface area contributed by atoms with E-state index in [1.165, 1.54) is 13.1 Å². The SMILES string of the molecule is CNS(=O)(=O)c1cc(NC(=O)C2CCCNC2)ccc1C.Cl. The second-order valence-corrected chi connectivity index (χ2v) is 7.08. The number of halogens is 1. The second kappa shape index (κ2) is 7.92. The number of aryl methyl sites for hydroxylation is 1. The van der Waals surface area contributed by atoms with Crippen molar-refractivity contribution in [3.05, 3.63) is 23.8 Å². The standard InChI is InChI=1S/C14H21N3O3S.ClH/c1-10-5-6-12(8-13(10)21(19,20)15-2)17-14(18)11-4-3-7-16-9-11;/h5-6,8,11,15-16H,3-4,7,9H2,1-2H3,(H,17,18);1H. The minimum absolute atomic E-state index is 0. The van der Waals surface area contributed by atoms with Crippen LogP contribution in [0.2, 0.25) is 0 Å². The van der Waals surface area contributed by atoms with Gasteiger partial charge in [-0.15, -0.1) is 12.4 Å². The van der Waals surface area contributed by atoms with E-state index in [1.54, 1.807) is 19.1 Å². The summed E-state index contributed by atoms with van der Waals surface area (Å²) in [6.07, 6.45) is 1.83. The number of rotatable bonds is 4. The van der Waals surface area contributed by atoms with Crippen molar-refractivity contribution in [3.63, 3.8) is 0 Å². The zero-order chi connectivity index (χ0) is 15.5. The van der Waals surface area contributed by atoms with Gasteiger partial charge in [-0.2, -0.15) is 0 Å². The minimum Gasteiger partial charge on any atom is -0.326 e. The number of anilines is 1. The summed E-state index contributed by atoms with van der Waals surface area (Å²) in [5, 5.41) is 5.99. The largest absolute Gasteiger partial charge is 0.326 e. The summed E-state index contributed by atoms with van der Waals surface area (Å²) in [5.41, 5.74) is 1.15. The van der Waals surface area contributed by atoms with Crippen molar-refractivity contribution >= 4 is 34.0 Å². The third-order valence-electron chi connectivity index (χ3n) is 3.68. The lowest BCUT2D eigenvalue weighted by atomic mass is 9.99. The third-order valence-corrected chi connectivity index (χ3v) is 5.24. The molecule has 1 aromatic rings. The van der Waals surface area contributed by atoms with Crippen molar-refractivity contribution in [3.8, 4) is 0 Å². The number of piperidine rings is 1. The van der Waals surface area contributed by atoms with E-state index in [-0.39, 0.29) is 29.1 Å². The van der Waals surface area contributed by atoms with Crippen LogP contribution in [0.15, 0.2) is 23.1 Å². The predicted molar refractivity (Wildman–Crippen MR) is 88.9 cm³/mol. The Morgan fingerprint density at radius 1 is 1.36 bits per heavy atom. The second-order valence-electron chi connectivity index (χ2n) is 5.22. The topological polar surface area (TPSA) is 87.3 Å². The highest BCUT2D eigenvalue weighted by atomic mass is 35.5. The molecule has 0 aliphatic carbocycles. The lowest BCUT2D eigenvalue weighted by Gasteiger charge is -2.22. The first-order valence-corrected chi connectivity index (χ1v) is 8.48. The predicted octanol–water partition coefficient (Wildman–Crippen LogP) is 1.26. The minimum atomic E-state index is -3.53. The van der Waals surface area contributed by atoms with E-state index in [0.29, 0.717) is 17.8 Å². The Balaban J connectivity index is 0.00000242. The monoisotopic (exact) mass is 347 g/mol. The molecule has 1 aliphatic rings. The Bertz CT molecular complexity index is 628. The summed E-state index contributed by atoms with van der Waals surface area (Å²) in [4.78, 5) is 12.4. The normalized spacial score (nSPS) is 18.4. The van der Waals surface area contributed by atoms with Gasteiger partial charge in [0.15, 0.2) is 0 Å². The molecule has 6 nitrogen and oxygen atoms in total. The lowest BCUT2D eigenvalue weighted by molar-refractivity contribution is -0.120. The van der Waals surface area contributed by atoms with Gasteiger partial charge in [-0.1, -0.05) is 6.07 Å². The molecule has 0 bridgehead atoms. The molecule has 0 aromatic heterocycles. The van der Waals surface area contributed by atoms with Crippen LogP contribution in [-0.4, -0.2) is 34.5 Å². The maximum absolute atomic E-state index is 12.2. The van der Waals surface area contributed by atoms with Crippen LogP contribution in [0, 0.1) is 12.8 Å².